The highest BCUT2D eigenvalue weighted by Gasteiger charge is 2.33. The van der Waals surface area contributed by atoms with E-state index < -0.39 is 17.1 Å². The van der Waals surface area contributed by atoms with Gasteiger partial charge in [0.2, 0.25) is 0 Å². The third-order valence-corrected chi connectivity index (χ3v) is 4.55. The van der Waals surface area contributed by atoms with Gasteiger partial charge in [0.05, 0.1) is 12.3 Å². The van der Waals surface area contributed by atoms with Crippen LogP contribution in [0.4, 0.5) is 0 Å². The Morgan fingerprint density at radius 2 is 2.08 bits per heavy atom. The maximum atomic E-state index is 12.8. The first-order valence-electron chi connectivity index (χ1n) is 8.04. The van der Waals surface area contributed by atoms with Crippen molar-refractivity contribution in [2.24, 2.45) is 0 Å². The van der Waals surface area contributed by atoms with E-state index >= 15 is 0 Å². The van der Waals surface area contributed by atoms with Gasteiger partial charge in [-0.25, -0.2) is 9.78 Å². The van der Waals surface area contributed by atoms with Gasteiger partial charge in [-0.15, -0.1) is 5.10 Å². The number of carbonyl (C=O) groups is 1. The van der Waals surface area contributed by atoms with Crippen LogP contribution in [0.1, 0.15) is 26.3 Å². The van der Waals surface area contributed by atoms with Crippen molar-refractivity contribution in [1.29, 1.82) is 0 Å². The third-order valence-electron chi connectivity index (χ3n) is 4.14. The van der Waals surface area contributed by atoms with Gasteiger partial charge in [0.15, 0.2) is 11.2 Å². The van der Waals surface area contributed by atoms with Gasteiger partial charge in [0.1, 0.15) is 11.9 Å². The first kappa shape index (κ1) is 18.1. The van der Waals surface area contributed by atoms with Crippen molar-refractivity contribution in [3.05, 3.63) is 45.5 Å². The van der Waals surface area contributed by atoms with Gasteiger partial charge in [0.25, 0.3) is 5.56 Å². The molecule has 3 aromatic rings. The van der Waals surface area contributed by atoms with E-state index in [9.17, 15) is 9.59 Å². The molecule has 0 amide bonds. The lowest BCUT2D eigenvalue weighted by Gasteiger charge is -2.24. The average molecular weight is 376 g/mol. The van der Waals surface area contributed by atoms with Gasteiger partial charge >= 0.3 is 5.97 Å². The Balaban J connectivity index is 2.14. The van der Waals surface area contributed by atoms with Crippen LogP contribution in [-0.4, -0.2) is 37.1 Å². The smallest absolute Gasteiger partial charge is 0.331 e. The molecule has 2 heterocycles. The molecule has 0 unspecified atom stereocenters. The molecule has 0 saturated carbocycles. The number of fused-ring (bicyclic) bond motifs is 1. The van der Waals surface area contributed by atoms with E-state index in [0.717, 1.165) is 5.56 Å². The molecule has 2 aromatic heterocycles. The van der Waals surface area contributed by atoms with Crippen LogP contribution in [0.2, 0.25) is 5.02 Å². The second-order valence-electron chi connectivity index (χ2n) is 6.31. The van der Waals surface area contributed by atoms with Crippen molar-refractivity contribution in [2.45, 2.75) is 33.2 Å². The van der Waals surface area contributed by atoms with Crippen LogP contribution in [-0.2, 0) is 15.1 Å². The molecule has 8 nitrogen and oxygen atoms in total. The maximum absolute atomic E-state index is 12.8. The fourth-order valence-electron chi connectivity index (χ4n) is 2.50. The summed E-state index contributed by atoms with van der Waals surface area (Å²) in [7, 11) is 0. The fraction of sp³-hybridized carbons (Fsp3) is 0.353. The molecule has 3 rings (SSSR count). The van der Waals surface area contributed by atoms with Gasteiger partial charge in [-0.1, -0.05) is 22.9 Å². The number of aryl methyl sites for hydroxylation is 1. The minimum Gasteiger partial charge on any atom is -0.464 e. The summed E-state index contributed by atoms with van der Waals surface area (Å²) in [6, 6.07) is 5.38. The van der Waals surface area contributed by atoms with Gasteiger partial charge < -0.3 is 4.74 Å². The number of rotatable bonds is 4. The molecule has 0 saturated heterocycles. The van der Waals surface area contributed by atoms with Crippen LogP contribution < -0.4 is 5.56 Å². The standard InChI is InChI=1S/C17H18ClN5O3/c1-5-26-16(25)17(3,4)22-9-19-14-13(15(22)24)20-21-23(14)11-7-6-10(2)12(18)8-11/h6-9H,5H2,1-4H3. The Morgan fingerprint density at radius 3 is 2.73 bits per heavy atom. The molecule has 136 valence electrons. The predicted molar refractivity (Wildman–Crippen MR) is 96.6 cm³/mol. The van der Waals surface area contributed by atoms with E-state index in [4.69, 9.17) is 16.3 Å². The molecule has 9 heteroatoms. The molecular weight excluding hydrogens is 358 g/mol. The van der Waals surface area contributed by atoms with Crippen LogP contribution in [0, 0.1) is 6.92 Å². The van der Waals surface area contributed by atoms with Gasteiger partial charge in [-0.3, -0.25) is 9.36 Å². The number of carbonyl (C=O) groups excluding carboxylic acids is 1. The largest absolute Gasteiger partial charge is 0.464 e. The third kappa shape index (κ3) is 2.86. The van der Waals surface area contributed by atoms with E-state index in [-0.39, 0.29) is 17.8 Å². The topological polar surface area (TPSA) is 91.9 Å². The first-order chi connectivity index (χ1) is 12.3. The Hall–Kier alpha value is -2.74. The van der Waals surface area contributed by atoms with Crippen LogP contribution in [0.5, 0.6) is 0 Å². The molecule has 0 atom stereocenters. The summed E-state index contributed by atoms with van der Waals surface area (Å²) in [6.45, 7) is 6.99. The lowest BCUT2D eigenvalue weighted by molar-refractivity contribution is -0.152. The zero-order valence-electron chi connectivity index (χ0n) is 14.9. The highest BCUT2D eigenvalue weighted by molar-refractivity contribution is 6.31. The lowest BCUT2D eigenvalue weighted by atomic mass is 10.1. The average Bonchev–Trinajstić information content (AvgIpc) is 3.02. The van der Waals surface area contributed by atoms with Gasteiger partial charge in [0, 0.05) is 5.02 Å². The normalized spacial score (nSPS) is 11.7. The van der Waals surface area contributed by atoms with Crippen LogP contribution in [0.25, 0.3) is 16.9 Å². The van der Waals surface area contributed by atoms with Crippen LogP contribution in [0.15, 0.2) is 29.3 Å². The number of ether oxygens (including phenoxy) is 1. The molecule has 0 aliphatic carbocycles. The second kappa shape index (κ2) is 6.53. The number of nitrogens with zero attached hydrogens (tertiary/aromatic N) is 5. The molecule has 0 aliphatic heterocycles. The molecule has 0 radical (unpaired) electrons. The van der Waals surface area contributed by atoms with Gasteiger partial charge in [-0.2, -0.15) is 4.68 Å². The summed E-state index contributed by atoms with van der Waals surface area (Å²) >= 11 is 6.16. The quantitative estimate of drug-likeness (QED) is 0.649. The number of benzene rings is 1. The summed E-state index contributed by atoms with van der Waals surface area (Å²) in [5.74, 6) is -0.527. The van der Waals surface area contributed by atoms with E-state index in [1.807, 2.05) is 19.1 Å². The zero-order valence-corrected chi connectivity index (χ0v) is 15.6. The van der Waals surface area contributed by atoms with E-state index in [1.54, 1.807) is 26.8 Å². The minimum atomic E-state index is -1.22. The first-order valence-corrected chi connectivity index (χ1v) is 8.42. The van der Waals surface area contributed by atoms with Crippen molar-refractivity contribution in [1.82, 2.24) is 24.5 Å². The van der Waals surface area contributed by atoms with Crippen molar-refractivity contribution in [2.75, 3.05) is 6.61 Å². The molecule has 26 heavy (non-hydrogen) atoms. The minimum absolute atomic E-state index is 0.0570. The number of hydrogen-bond acceptors (Lipinski definition) is 6. The van der Waals surface area contributed by atoms with Crippen molar-refractivity contribution >= 4 is 28.7 Å². The summed E-state index contributed by atoms with van der Waals surface area (Å²) in [5.41, 5.74) is 0.208. The van der Waals surface area contributed by atoms with E-state index in [1.165, 1.54) is 15.6 Å². The molecule has 0 bridgehead atoms. The maximum Gasteiger partial charge on any atom is 0.331 e. The lowest BCUT2D eigenvalue weighted by Crippen LogP contribution is -2.44. The summed E-state index contributed by atoms with van der Waals surface area (Å²) in [4.78, 5) is 29.3. The highest BCUT2D eigenvalue weighted by Crippen LogP contribution is 2.21. The fourth-order valence-corrected chi connectivity index (χ4v) is 2.68. The van der Waals surface area contributed by atoms with E-state index in [0.29, 0.717) is 10.7 Å². The Bertz CT molecular complexity index is 1050. The van der Waals surface area contributed by atoms with Crippen LogP contribution >= 0.6 is 11.6 Å². The predicted octanol–water partition coefficient (Wildman–Crippen LogP) is 2.24. The zero-order chi connectivity index (χ0) is 19.1. The Labute approximate surface area is 154 Å². The van der Waals surface area contributed by atoms with Crippen LogP contribution in [0.3, 0.4) is 0 Å². The highest BCUT2D eigenvalue weighted by atomic mass is 35.5. The molecule has 1 aromatic carbocycles. The van der Waals surface area contributed by atoms with Crippen molar-refractivity contribution in [3.63, 3.8) is 0 Å². The SMILES string of the molecule is CCOC(=O)C(C)(C)n1cnc2c(nnn2-c2ccc(C)c(Cl)c2)c1=O. The Kier molecular flexibility index (Phi) is 4.53. The summed E-state index contributed by atoms with van der Waals surface area (Å²) in [6.07, 6.45) is 1.30. The van der Waals surface area contributed by atoms with E-state index in [2.05, 4.69) is 15.3 Å². The number of esters is 1. The monoisotopic (exact) mass is 375 g/mol. The molecular formula is C17H18ClN5O3. The molecule has 0 fully saturated rings. The second-order valence-corrected chi connectivity index (χ2v) is 6.71. The number of hydrogen-bond donors (Lipinski definition) is 0. The van der Waals surface area contributed by atoms with Crippen molar-refractivity contribution in [3.8, 4) is 5.69 Å². The summed E-state index contributed by atoms with van der Waals surface area (Å²) in [5, 5.41) is 8.54. The van der Waals surface area contributed by atoms with Crippen molar-refractivity contribution < 1.29 is 9.53 Å². The van der Waals surface area contributed by atoms with Gasteiger partial charge in [-0.05, 0) is 45.4 Å². The number of halogens is 1. The Morgan fingerprint density at radius 1 is 1.35 bits per heavy atom. The molecule has 0 spiro atoms. The molecule has 0 aliphatic rings. The number of aromatic nitrogens is 5. The summed E-state index contributed by atoms with van der Waals surface area (Å²) < 4.78 is 7.68. The molecule has 0 N–H and O–H groups in total.